The fourth-order valence-electron chi connectivity index (χ4n) is 4.13. The van der Waals surface area contributed by atoms with Crippen LogP contribution in [0.5, 0.6) is 0 Å². The molecule has 1 amide bonds. The molecule has 0 unspecified atom stereocenters. The number of hydrazone groups is 1. The number of nitrogens with zero attached hydrogens (tertiary/aromatic N) is 5. The molecule has 1 heterocycles. The van der Waals surface area contributed by atoms with Gasteiger partial charge in [-0.1, -0.05) is 52.6 Å². The Morgan fingerprint density at radius 3 is 2.50 bits per heavy atom. The first-order valence-corrected chi connectivity index (χ1v) is 10.5. The van der Waals surface area contributed by atoms with Crippen molar-refractivity contribution in [3.63, 3.8) is 0 Å². The summed E-state index contributed by atoms with van der Waals surface area (Å²) in [5, 5.41) is 11.0. The average Bonchev–Trinajstić information content (AvgIpc) is 3.15. The lowest BCUT2D eigenvalue weighted by molar-refractivity contribution is -0.132. The molecule has 2 aromatic carbocycles. The number of carbonyl (C=O) groups excluding carboxylic acids is 1. The van der Waals surface area contributed by atoms with Gasteiger partial charge in [0.05, 0.1) is 11.8 Å². The van der Waals surface area contributed by atoms with Crippen molar-refractivity contribution in [2.45, 2.75) is 25.3 Å². The SMILES string of the molecule is [N-]=[N+]=NCC(=O)N1N=C2/C(=C\c3ccc(Cl)cc3)CCC[C@@H]2[C@@H]1c1ccc(Cl)cc1. The highest BCUT2D eigenvalue weighted by Gasteiger charge is 2.43. The maximum absolute atomic E-state index is 12.8. The maximum atomic E-state index is 12.8. The van der Waals surface area contributed by atoms with Crippen LogP contribution in [0.1, 0.15) is 36.4 Å². The van der Waals surface area contributed by atoms with Crippen molar-refractivity contribution in [3.05, 3.63) is 85.7 Å². The summed E-state index contributed by atoms with van der Waals surface area (Å²) in [6.07, 6.45) is 4.94. The van der Waals surface area contributed by atoms with Crippen molar-refractivity contribution in [2.24, 2.45) is 16.1 Å². The highest BCUT2D eigenvalue weighted by atomic mass is 35.5. The smallest absolute Gasteiger partial charge is 0.249 e. The van der Waals surface area contributed by atoms with E-state index in [9.17, 15) is 4.79 Å². The quantitative estimate of drug-likeness (QED) is 0.307. The standard InChI is InChI=1S/C22H19Cl2N5O/c23-17-8-4-14(5-9-17)12-16-2-1-3-19-21(16)27-29(20(30)13-26-28-25)22(19)15-6-10-18(24)11-7-15/h4-12,19,22H,1-3,13H2/b16-12-/t19-,22-/m0/s1. The van der Waals surface area contributed by atoms with Crippen LogP contribution in [0.15, 0.2) is 64.3 Å². The Morgan fingerprint density at radius 1 is 1.17 bits per heavy atom. The molecule has 0 radical (unpaired) electrons. The van der Waals surface area contributed by atoms with Crippen LogP contribution in [-0.4, -0.2) is 23.2 Å². The third-order valence-corrected chi connectivity index (χ3v) is 5.95. The first-order valence-electron chi connectivity index (χ1n) is 9.70. The largest absolute Gasteiger partial charge is 0.273 e. The molecule has 0 N–H and O–H groups in total. The second-order valence-electron chi connectivity index (χ2n) is 7.33. The van der Waals surface area contributed by atoms with E-state index in [1.54, 1.807) is 0 Å². The van der Waals surface area contributed by atoms with Gasteiger partial charge < -0.3 is 0 Å². The molecule has 152 valence electrons. The third-order valence-electron chi connectivity index (χ3n) is 5.45. The van der Waals surface area contributed by atoms with E-state index in [2.05, 4.69) is 16.1 Å². The zero-order valence-corrected chi connectivity index (χ0v) is 17.6. The Hall–Kier alpha value is -2.79. The number of benzene rings is 2. The molecule has 0 saturated heterocycles. The molecule has 1 saturated carbocycles. The van der Waals surface area contributed by atoms with Crippen molar-refractivity contribution < 1.29 is 4.79 Å². The summed E-state index contributed by atoms with van der Waals surface area (Å²) >= 11 is 12.1. The fraction of sp³-hybridized carbons (Fsp3) is 0.273. The minimum absolute atomic E-state index is 0.0773. The lowest BCUT2D eigenvalue weighted by Gasteiger charge is -2.29. The van der Waals surface area contributed by atoms with Gasteiger partial charge in [0.1, 0.15) is 6.54 Å². The first-order chi connectivity index (χ1) is 14.6. The molecule has 0 bridgehead atoms. The van der Waals surface area contributed by atoms with Crippen molar-refractivity contribution in [3.8, 4) is 0 Å². The van der Waals surface area contributed by atoms with E-state index >= 15 is 0 Å². The second-order valence-corrected chi connectivity index (χ2v) is 8.20. The number of hydrogen-bond donors (Lipinski definition) is 0. The van der Waals surface area contributed by atoms with E-state index < -0.39 is 0 Å². The van der Waals surface area contributed by atoms with Gasteiger partial charge in [-0.05, 0) is 71.8 Å². The van der Waals surface area contributed by atoms with Crippen molar-refractivity contribution in [1.82, 2.24) is 5.01 Å². The minimum Gasteiger partial charge on any atom is -0.273 e. The molecule has 30 heavy (non-hydrogen) atoms. The minimum atomic E-state index is -0.319. The van der Waals surface area contributed by atoms with E-state index in [0.717, 1.165) is 41.7 Å². The van der Waals surface area contributed by atoms with Crippen LogP contribution in [0.4, 0.5) is 0 Å². The molecule has 1 aliphatic carbocycles. The molecule has 4 rings (SSSR count). The topological polar surface area (TPSA) is 81.4 Å². The Morgan fingerprint density at radius 2 is 1.83 bits per heavy atom. The van der Waals surface area contributed by atoms with Crippen LogP contribution in [0.2, 0.25) is 10.0 Å². The number of allylic oxidation sites excluding steroid dienone is 1. The number of halogens is 2. The fourth-order valence-corrected chi connectivity index (χ4v) is 4.38. The third kappa shape index (κ3) is 4.21. The van der Waals surface area contributed by atoms with E-state index in [1.807, 2.05) is 48.5 Å². The summed E-state index contributed by atoms with van der Waals surface area (Å²) in [7, 11) is 0. The van der Waals surface area contributed by atoms with Crippen molar-refractivity contribution in [2.75, 3.05) is 6.54 Å². The van der Waals surface area contributed by atoms with E-state index in [1.165, 1.54) is 5.01 Å². The van der Waals surface area contributed by atoms with Crippen LogP contribution in [0.25, 0.3) is 16.5 Å². The van der Waals surface area contributed by atoms with E-state index in [4.69, 9.17) is 33.8 Å². The van der Waals surface area contributed by atoms with Gasteiger partial charge in [-0.2, -0.15) is 5.10 Å². The lowest BCUT2D eigenvalue weighted by atomic mass is 9.77. The first kappa shape index (κ1) is 20.5. The molecular formula is C22H19Cl2N5O. The van der Waals surface area contributed by atoms with Crippen LogP contribution < -0.4 is 0 Å². The van der Waals surface area contributed by atoms with Gasteiger partial charge >= 0.3 is 0 Å². The predicted octanol–water partition coefficient (Wildman–Crippen LogP) is 6.43. The normalized spacial score (nSPS) is 21.7. The summed E-state index contributed by atoms with van der Waals surface area (Å²) in [6, 6.07) is 14.9. The van der Waals surface area contributed by atoms with Crippen molar-refractivity contribution in [1.29, 1.82) is 0 Å². The van der Waals surface area contributed by atoms with Gasteiger partial charge in [-0.15, -0.1) is 0 Å². The monoisotopic (exact) mass is 439 g/mol. The molecule has 2 aliphatic rings. The van der Waals surface area contributed by atoms with Gasteiger partial charge in [-0.3, -0.25) is 4.79 Å². The van der Waals surface area contributed by atoms with Crippen LogP contribution in [0, 0.1) is 5.92 Å². The van der Waals surface area contributed by atoms with Crippen LogP contribution in [0.3, 0.4) is 0 Å². The number of carbonyl (C=O) groups is 1. The molecule has 2 aromatic rings. The molecular weight excluding hydrogens is 421 g/mol. The van der Waals surface area contributed by atoms with E-state index in [0.29, 0.717) is 10.0 Å². The van der Waals surface area contributed by atoms with Crippen LogP contribution >= 0.6 is 23.2 Å². The molecule has 0 aromatic heterocycles. The average molecular weight is 440 g/mol. The zero-order valence-electron chi connectivity index (χ0n) is 16.1. The molecule has 6 nitrogen and oxygen atoms in total. The summed E-state index contributed by atoms with van der Waals surface area (Å²) in [6.45, 7) is -0.264. The highest BCUT2D eigenvalue weighted by molar-refractivity contribution is 6.30. The number of azide groups is 1. The highest BCUT2D eigenvalue weighted by Crippen LogP contribution is 2.44. The van der Waals surface area contributed by atoms with Gasteiger partial charge in [0.25, 0.3) is 0 Å². The van der Waals surface area contributed by atoms with E-state index in [-0.39, 0.29) is 24.4 Å². The Balaban J connectivity index is 1.73. The zero-order chi connectivity index (χ0) is 21.1. The molecule has 8 heteroatoms. The predicted molar refractivity (Wildman–Crippen MR) is 119 cm³/mol. The van der Waals surface area contributed by atoms with Gasteiger partial charge in [-0.25, -0.2) is 5.01 Å². The molecule has 0 spiro atoms. The van der Waals surface area contributed by atoms with Gasteiger partial charge in [0, 0.05) is 20.9 Å². The molecule has 1 fully saturated rings. The Kier molecular flexibility index (Phi) is 6.09. The Bertz CT molecular complexity index is 1060. The number of amides is 1. The number of rotatable bonds is 4. The van der Waals surface area contributed by atoms with Gasteiger partial charge in [0.15, 0.2) is 0 Å². The summed E-state index contributed by atoms with van der Waals surface area (Å²) < 4.78 is 0. The Labute approximate surface area is 184 Å². The summed E-state index contributed by atoms with van der Waals surface area (Å²) in [5.74, 6) is -0.242. The van der Waals surface area contributed by atoms with Crippen LogP contribution in [-0.2, 0) is 4.79 Å². The summed E-state index contributed by atoms with van der Waals surface area (Å²) in [4.78, 5) is 15.5. The molecule has 1 aliphatic heterocycles. The molecule has 2 atom stereocenters. The lowest BCUT2D eigenvalue weighted by Crippen LogP contribution is -2.33. The number of fused-ring (bicyclic) bond motifs is 1. The maximum Gasteiger partial charge on any atom is 0.249 e. The van der Waals surface area contributed by atoms with Crippen molar-refractivity contribution >= 4 is 40.9 Å². The summed E-state index contributed by atoms with van der Waals surface area (Å²) in [5.41, 5.74) is 12.7. The number of hydrogen-bond acceptors (Lipinski definition) is 3. The van der Waals surface area contributed by atoms with Gasteiger partial charge in [0.2, 0.25) is 5.91 Å². The second kappa shape index (κ2) is 8.92.